The van der Waals surface area contributed by atoms with E-state index in [2.05, 4.69) is 41.0 Å². The zero-order valence-corrected chi connectivity index (χ0v) is 14.7. The summed E-state index contributed by atoms with van der Waals surface area (Å²) < 4.78 is -0.790. The van der Waals surface area contributed by atoms with E-state index in [9.17, 15) is 4.79 Å². The van der Waals surface area contributed by atoms with Gasteiger partial charge in [0.15, 0.2) is 0 Å². The van der Waals surface area contributed by atoms with Gasteiger partial charge in [0.1, 0.15) is 4.75 Å². The van der Waals surface area contributed by atoms with Gasteiger partial charge >= 0.3 is 0 Å². The van der Waals surface area contributed by atoms with Crippen LogP contribution in [-0.2, 0) is 9.54 Å². The number of nitrogens with one attached hydrogen (secondary N) is 2. The van der Waals surface area contributed by atoms with Crippen LogP contribution in [0.15, 0.2) is 89.8 Å². The molecule has 4 heteroatoms. The van der Waals surface area contributed by atoms with E-state index in [1.807, 2.05) is 54.6 Å². The Morgan fingerprint density at radius 1 is 0.731 bits per heavy atom. The Bertz CT molecular complexity index is 1040. The maximum Gasteiger partial charge on any atom is 0.249 e. The highest BCUT2D eigenvalue weighted by atomic mass is 32.2. The predicted molar refractivity (Wildman–Crippen MR) is 107 cm³/mol. The van der Waals surface area contributed by atoms with Gasteiger partial charge < -0.3 is 10.6 Å². The molecule has 0 radical (unpaired) electrons. The highest BCUT2D eigenvalue weighted by Gasteiger charge is 2.47. The maximum absolute atomic E-state index is 13.1. The summed E-state index contributed by atoms with van der Waals surface area (Å²) >= 11 is 1.59. The molecule has 2 aliphatic rings. The van der Waals surface area contributed by atoms with Gasteiger partial charge in [-0.15, -0.1) is 0 Å². The number of benzene rings is 3. The Hall–Kier alpha value is -2.98. The molecule has 2 N–H and O–H groups in total. The minimum Gasteiger partial charge on any atom is -0.354 e. The quantitative estimate of drug-likeness (QED) is 0.638. The molecule has 3 nitrogen and oxygen atoms in total. The largest absolute Gasteiger partial charge is 0.354 e. The summed E-state index contributed by atoms with van der Waals surface area (Å²) in [6.45, 7) is 0. The number of carbonyl (C=O) groups excluding carboxylic acids is 1. The second kappa shape index (κ2) is 5.78. The number of rotatable bonds is 1. The van der Waals surface area contributed by atoms with Gasteiger partial charge in [-0.2, -0.15) is 0 Å². The van der Waals surface area contributed by atoms with Crippen LogP contribution >= 0.6 is 11.8 Å². The van der Waals surface area contributed by atoms with Crippen molar-refractivity contribution >= 4 is 34.7 Å². The SMILES string of the molecule is O=C1Nc2ccccc2C12C=C(c1ccccc1)Nc1ccccc1S2. The number of amides is 1. The number of hydrogen-bond donors (Lipinski definition) is 2. The van der Waals surface area contributed by atoms with Crippen LogP contribution in [0.2, 0.25) is 0 Å². The molecular weight excluding hydrogens is 340 g/mol. The third kappa shape index (κ3) is 2.26. The molecule has 26 heavy (non-hydrogen) atoms. The number of hydrogen-bond acceptors (Lipinski definition) is 3. The van der Waals surface area contributed by atoms with Gasteiger partial charge in [0.25, 0.3) is 0 Å². The lowest BCUT2D eigenvalue weighted by atomic mass is 9.96. The predicted octanol–water partition coefficient (Wildman–Crippen LogP) is 5.09. The van der Waals surface area contributed by atoms with Gasteiger partial charge in [0.2, 0.25) is 5.91 Å². The number of thioether (sulfide) groups is 1. The van der Waals surface area contributed by atoms with E-state index in [-0.39, 0.29) is 5.91 Å². The minimum absolute atomic E-state index is 0.00404. The molecule has 1 unspecified atom stereocenters. The van der Waals surface area contributed by atoms with Gasteiger partial charge in [0.05, 0.1) is 5.69 Å². The molecule has 2 heterocycles. The molecule has 126 valence electrons. The minimum atomic E-state index is -0.790. The lowest BCUT2D eigenvalue weighted by Gasteiger charge is -2.22. The van der Waals surface area contributed by atoms with Gasteiger partial charge in [-0.25, -0.2) is 0 Å². The van der Waals surface area contributed by atoms with E-state index in [4.69, 9.17) is 0 Å². The van der Waals surface area contributed by atoms with Crippen LogP contribution in [0.25, 0.3) is 5.70 Å². The number of fused-ring (bicyclic) bond motifs is 3. The van der Waals surface area contributed by atoms with Crippen molar-refractivity contribution in [2.75, 3.05) is 10.6 Å². The second-order valence-electron chi connectivity index (χ2n) is 6.38. The first-order valence-electron chi connectivity index (χ1n) is 8.51. The molecule has 3 aromatic carbocycles. The molecular formula is C22H16N2OS. The van der Waals surface area contributed by atoms with Crippen molar-refractivity contribution in [2.24, 2.45) is 0 Å². The van der Waals surface area contributed by atoms with Gasteiger partial charge in [0, 0.05) is 21.8 Å². The van der Waals surface area contributed by atoms with Gasteiger partial charge in [-0.1, -0.05) is 72.4 Å². The Morgan fingerprint density at radius 2 is 1.42 bits per heavy atom. The van der Waals surface area contributed by atoms with Crippen molar-refractivity contribution in [3.05, 3.63) is 96.1 Å². The molecule has 1 atom stereocenters. The molecule has 2 aliphatic heterocycles. The first-order chi connectivity index (χ1) is 12.8. The summed E-state index contributed by atoms with van der Waals surface area (Å²) in [5.74, 6) is -0.00404. The summed E-state index contributed by atoms with van der Waals surface area (Å²) in [7, 11) is 0. The molecule has 5 rings (SSSR count). The summed E-state index contributed by atoms with van der Waals surface area (Å²) in [5.41, 5.74) is 4.90. The fourth-order valence-corrected chi connectivity index (χ4v) is 4.85. The summed E-state index contributed by atoms with van der Waals surface area (Å²) in [5, 5.41) is 6.59. The zero-order chi connectivity index (χ0) is 17.6. The van der Waals surface area contributed by atoms with E-state index in [0.717, 1.165) is 33.1 Å². The third-order valence-corrected chi connectivity index (χ3v) is 6.19. The third-order valence-electron chi connectivity index (χ3n) is 4.77. The number of anilines is 2. The fraction of sp³-hybridized carbons (Fsp3) is 0.0455. The standard InChI is InChI=1S/C22H16N2OS/c25-21-22(16-10-4-5-11-17(16)24-21)14-19(15-8-2-1-3-9-15)23-18-12-6-7-13-20(18)26-22/h1-14,23H,(H,24,25). The van der Waals surface area contributed by atoms with Gasteiger partial charge in [-0.3, -0.25) is 4.79 Å². The molecule has 1 spiro atoms. The van der Waals surface area contributed by atoms with Gasteiger partial charge in [-0.05, 0) is 29.8 Å². The van der Waals surface area contributed by atoms with Crippen LogP contribution in [0.3, 0.4) is 0 Å². The van der Waals surface area contributed by atoms with E-state index in [1.165, 1.54) is 0 Å². The van der Waals surface area contributed by atoms with Crippen LogP contribution in [-0.4, -0.2) is 5.91 Å². The molecule has 0 saturated carbocycles. The van der Waals surface area contributed by atoms with Crippen molar-refractivity contribution in [2.45, 2.75) is 9.64 Å². The smallest absolute Gasteiger partial charge is 0.249 e. The van der Waals surface area contributed by atoms with Crippen molar-refractivity contribution in [3.63, 3.8) is 0 Å². The Labute approximate surface area is 156 Å². The Kier molecular flexibility index (Phi) is 3.40. The van der Waals surface area contributed by atoms with Crippen molar-refractivity contribution in [1.29, 1.82) is 0 Å². The highest BCUT2D eigenvalue weighted by Crippen LogP contribution is 2.54. The zero-order valence-electron chi connectivity index (χ0n) is 13.9. The average Bonchev–Trinajstić information content (AvgIpc) is 2.84. The molecule has 0 fully saturated rings. The lowest BCUT2D eigenvalue weighted by molar-refractivity contribution is -0.116. The normalized spacial score (nSPS) is 20.5. The summed E-state index contributed by atoms with van der Waals surface area (Å²) in [6.07, 6.45) is 2.06. The maximum atomic E-state index is 13.1. The highest BCUT2D eigenvalue weighted by molar-refractivity contribution is 8.01. The van der Waals surface area contributed by atoms with Crippen LogP contribution in [0.4, 0.5) is 11.4 Å². The summed E-state index contributed by atoms with van der Waals surface area (Å²) in [4.78, 5) is 14.2. The van der Waals surface area contributed by atoms with Crippen molar-refractivity contribution in [1.82, 2.24) is 0 Å². The molecule has 0 bridgehead atoms. The van der Waals surface area contributed by atoms with Crippen molar-refractivity contribution in [3.8, 4) is 0 Å². The van der Waals surface area contributed by atoms with E-state index in [1.54, 1.807) is 11.8 Å². The topological polar surface area (TPSA) is 41.1 Å². The van der Waals surface area contributed by atoms with Crippen molar-refractivity contribution < 1.29 is 4.79 Å². The van der Waals surface area contributed by atoms with E-state index >= 15 is 0 Å². The first-order valence-corrected chi connectivity index (χ1v) is 9.32. The lowest BCUT2D eigenvalue weighted by Crippen LogP contribution is -2.28. The average molecular weight is 356 g/mol. The molecule has 0 aromatic heterocycles. The number of carbonyl (C=O) groups is 1. The first kappa shape index (κ1) is 15.3. The molecule has 3 aromatic rings. The van der Waals surface area contributed by atoms with E-state index in [0.29, 0.717) is 0 Å². The van der Waals surface area contributed by atoms with Crippen LogP contribution in [0, 0.1) is 0 Å². The molecule has 0 aliphatic carbocycles. The molecule has 1 amide bonds. The van der Waals surface area contributed by atoms with Crippen LogP contribution in [0.5, 0.6) is 0 Å². The number of para-hydroxylation sites is 2. The second-order valence-corrected chi connectivity index (χ2v) is 7.67. The Morgan fingerprint density at radius 3 is 2.27 bits per heavy atom. The van der Waals surface area contributed by atoms with E-state index < -0.39 is 4.75 Å². The molecule has 0 saturated heterocycles. The fourth-order valence-electron chi connectivity index (χ4n) is 3.52. The van der Waals surface area contributed by atoms with Crippen LogP contribution in [0.1, 0.15) is 11.1 Å². The summed E-state index contributed by atoms with van der Waals surface area (Å²) in [6, 6.07) is 26.2. The van der Waals surface area contributed by atoms with Crippen LogP contribution < -0.4 is 10.6 Å². The Balaban J connectivity index is 1.78. The monoisotopic (exact) mass is 356 g/mol.